The van der Waals surface area contributed by atoms with E-state index in [1.165, 1.54) is 18.2 Å². The molecule has 6 nitrogen and oxygen atoms in total. The first-order valence-corrected chi connectivity index (χ1v) is 11.9. The largest absolute Gasteiger partial charge is 0.490 e. The molecule has 0 aliphatic carbocycles. The van der Waals surface area contributed by atoms with Gasteiger partial charge in [0.1, 0.15) is 0 Å². The van der Waals surface area contributed by atoms with E-state index < -0.39 is 11.9 Å². The second-order valence-electron chi connectivity index (χ2n) is 7.41. The van der Waals surface area contributed by atoms with Gasteiger partial charge in [0.2, 0.25) is 5.90 Å². The Morgan fingerprint density at radius 1 is 0.944 bits per heavy atom. The zero-order valence-corrected chi connectivity index (χ0v) is 21.1. The van der Waals surface area contributed by atoms with Crippen molar-refractivity contribution in [3.05, 3.63) is 104 Å². The molecule has 4 rings (SSSR count). The summed E-state index contributed by atoms with van der Waals surface area (Å²) in [7, 11) is 0. The van der Waals surface area contributed by atoms with Crippen LogP contribution in [-0.4, -0.2) is 24.4 Å². The third-order valence-corrected chi connectivity index (χ3v) is 5.65. The summed E-state index contributed by atoms with van der Waals surface area (Å²) in [5.74, 6) is -0.564. The highest BCUT2D eigenvalue weighted by Gasteiger charge is 2.26. The van der Waals surface area contributed by atoms with Gasteiger partial charge in [-0.25, -0.2) is 14.6 Å². The Kier molecular flexibility index (Phi) is 8.10. The molecule has 0 radical (unpaired) electrons. The van der Waals surface area contributed by atoms with E-state index in [9.17, 15) is 9.59 Å². The maximum Gasteiger partial charge on any atom is 0.363 e. The average Bonchev–Trinajstić information content (AvgIpc) is 3.20. The molecule has 1 aliphatic rings. The molecule has 0 saturated carbocycles. The molecule has 9 heteroatoms. The molecule has 0 aromatic heterocycles. The van der Waals surface area contributed by atoms with Gasteiger partial charge in [0.05, 0.1) is 17.2 Å². The first-order valence-electron chi connectivity index (χ1n) is 10.7. The molecule has 0 bridgehead atoms. The highest BCUT2D eigenvalue weighted by Crippen LogP contribution is 2.31. The fourth-order valence-corrected chi connectivity index (χ4v) is 3.81. The van der Waals surface area contributed by atoms with Crippen molar-refractivity contribution in [1.82, 2.24) is 0 Å². The lowest BCUT2D eigenvalue weighted by Gasteiger charge is -2.10. The van der Waals surface area contributed by atoms with Crippen molar-refractivity contribution in [2.75, 3.05) is 6.61 Å². The van der Waals surface area contributed by atoms with Crippen molar-refractivity contribution in [2.24, 2.45) is 4.99 Å². The molecule has 36 heavy (non-hydrogen) atoms. The number of hydrogen-bond acceptors (Lipinski definition) is 6. The van der Waals surface area contributed by atoms with E-state index in [4.69, 9.17) is 49.0 Å². The highest BCUT2D eigenvalue weighted by molar-refractivity contribution is 6.37. The molecule has 182 valence electrons. The second kappa shape index (κ2) is 11.4. The molecule has 1 aliphatic heterocycles. The van der Waals surface area contributed by atoms with E-state index in [-0.39, 0.29) is 17.3 Å². The fourth-order valence-electron chi connectivity index (χ4n) is 3.19. The van der Waals surface area contributed by atoms with Gasteiger partial charge in [0.15, 0.2) is 17.2 Å². The summed E-state index contributed by atoms with van der Waals surface area (Å²) in [6.07, 6.45) is 4.46. The molecule has 0 unspecified atom stereocenters. The molecule has 0 saturated heterocycles. The maximum absolute atomic E-state index is 12.4. The van der Waals surface area contributed by atoms with E-state index >= 15 is 0 Å². The van der Waals surface area contributed by atoms with Gasteiger partial charge >= 0.3 is 11.9 Å². The molecule has 0 atom stereocenters. The van der Waals surface area contributed by atoms with Gasteiger partial charge in [-0.2, -0.15) is 0 Å². The average molecular weight is 543 g/mol. The van der Waals surface area contributed by atoms with Crippen LogP contribution in [0.25, 0.3) is 12.2 Å². The van der Waals surface area contributed by atoms with Crippen LogP contribution >= 0.6 is 34.8 Å². The van der Waals surface area contributed by atoms with E-state index in [2.05, 4.69) is 4.99 Å². The van der Waals surface area contributed by atoms with Crippen LogP contribution in [0.2, 0.25) is 15.1 Å². The number of rotatable bonds is 7. The topological polar surface area (TPSA) is 74.2 Å². The zero-order chi connectivity index (χ0) is 25.7. The van der Waals surface area contributed by atoms with Crippen LogP contribution in [0.15, 0.2) is 77.4 Å². The zero-order valence-electron chi connectivity index (χ0n) is 18.8. The van der Waals surface area contributed by atoms with Crippen molar-refractivity contribution in [1.29, 1.82) is 0 Å². The summed E-state index contributed by atoms with van der Waals surface area (Å²) >= 11 is 18.0. The number of nitrogens with zero attached hydrogens (tertiary/aromatic N) is 1. The monoisotopic (exact) mass is 541 g/mol. The third-order valence-electron chi connectivity index (χ3n) is 4.85. The molecule has 0 fully saturated rings. The van der Waals surface area contributed by atoms with E-state index in [1.807, 2.05) is 0 Å². The summed E-state index contributed by atoms with van der Waals surface area (Å²) < 4.78 is 16.4. The Labute approximate surface area is 222 Å². The Bertz CT molecular complexity index is 1410. The van der Waals surface area contributed by atoms with Crippen molar-refractivity contribution >= 4 is 64.8 Å². The summed E-state index contributed by atoms with van der Waals surface area (Å²) in [4.78, 5) is 29.0. The number of carbonyl (C=O) groups is 2. The first kappa shape index (κ1) is 25.5. The van der Waals surface area contributed by atoms with Crippen LogP contribution in [0.3, 0.4) is 0 Å². The number of ether oxygens (including phenoxy) is 3. The summed E-state index contributed by atoms with van der Waals surface area (Å²) in [5, 5.41) is 1.37. The Morgan fingerprint density at radius 3 is 2.39 bits per heavy atom. The number of cyclic esters (lactones) is 1. The van der Waals surface area contributed by atoms with Crippen molar-refractivity contribution in [3.8, 4) is 11.5 Å². The van der Waals surface area contributed by atoms with Crippen molar-refractivity contribution in [2.45, 2.75) is 6.92 Å². The van der Waals surface area contributed by atoms with Gasteiger partial charge in [-0.3, -0.25) is 0 Å². The number of halogens is 3. The normalized spacial score (nSPS) is 14.2. The second-order valence-corrected chi connectivity index (χ2v) is 8.69. The minimum Gasteiger partial charge on any atom is -0.490 e. The van der Waals surface area contributed by atoms with Crippen LogP contribution in [0.1, 0.15) is 23.6 Å². The molecule has 0 spiro atoms. The molecule has 1 heterocycles. The van der Waals surface area contributed by atoms with E-state index in [0.29, 0.717) is 38.6 Å². The van der Waals surface area contributed by atoms with Crippen LogP contribution in [-0.2, 0) is 14.3 Å². The molecular weight excluding hydrogens is 525 g/mol. The summed E-state index contributed by atoms with van der Waals surface area (Å²) in [5.41, 5.74) is 1.91. The number of carbonyl (C=O) groups excluding carboxylic acids is 2. The number of benzene rings is 3. The predicted octanol–water partition coefficient (Wildman–Crippen LogP) is 7.01. The third kappa shape index (κ3) is 6.34. The lowest BCUT2D eigenvalue weighted by molar-refractivity contribution is -0.130. The van der Waals surface area contributed by atoms with Gasteiger partial charge in [0, 0.05) is 16.1 Å². The van der Waals surface area contributed by atoms with Crippen molar-refractivity contribution in [3.63, 3.8) is 0 Å². The maximum atomic E-state index is 12.4. The van der Waals surface area contributed by atoms with Crippen LogP contribution in [0.5, 0.6) is 11.5 Å². The molecular formula is C27H18Cl3NO5. The fraction of sp³-hybridized carbons (Fsp3) is 0.0741. The Morgan fingerprint density at radius 2 is 1.67 bits per heavy atom. The van der Waals surface area contributed by atoms with Crippen molar-refractivity contribution < 1.29 is 23.8 Å². The quantitative estimate of drug-likeness (QED) is 0.182. The number of aliphatic imine (C=N–C) groups is 1. The van der Waals surface area contributed by atoms with Crippen LogP contribution in [0, 0.1) is 0 Å². The Hall–Kier alpha value is -3.58. The smallest absolute Gasteiger partial charge is 0.363 e. The van der Waals surface area contributed by atoms with Crippen LogP contribution in [0.4, 0.5) is 0 Å². The molecule has 0 amide bonds. The predicted molar refractivity (Wildman–Crippen MR) is 141 cm³/mol. The Balaban J connectivity index is 1.54. The van der Waals surface area contributed by atoms with Gasteiger partial charge < -0.3 is 14.2 Å². The summed E-state index contributed by atoms with van der Waals surface area (Å²) in [6.45, 7) is 2.14. The number of hydrogen-bond donors (Lipinski definition) is 0. The minimum atomic E-state index is -0.628. The lowest BCUT2D eigenvalue weighted by atomic mass is 10.1. The molecule has 0 N–H and O–H groups in total. The standard InChI is InChI=1S/C27H18Cl3NO5/c1-2-34-24-14-17(5-11-23(24)35-25(32)12-6-16-3-7-18(28)8-4-16)13-22-27(33)36-26(31-22)20-10-9-19(29)15-21(20)30/h3-15H,2H2,1H3/b12-6+,22-13-. The molecule has 3 aromatic rings. The van der Waals surface area contributed by atoms with Crippen LogP contribution < -0.4 is 9.47 Å². The van der Waals surface area contributed by atoms with Gasteiger partial charge in [-0.1, -0.05) is 53.0 Å². The first-order chi connectivity index (χ1) is 17.3. The van der Waals surface area contributed by atoms with E-state index in [1.54, 1.807) is 67.6 Å². The van der Waals surface area contributed by atoms with Gasteiger partial charge in [-0.15, -0.1) is 0 Å². The lowest BCUT2D eigenvalue weighted by Crippen LogP contribution is -2.06. The number of esters is 2. The SMILES string of the molecule is CCOc1cc(/C=C2\N=C(c3ccc(Cl)cc3Cl)OC2=O)ccc1OC(=O)/C=C/c1ccc(Cl)cc1. The summed E-state index contributed by atoms with van der Waals surface area (Å²) in [6, 6.07) is 16.7. The van der Waals surface area contributed by atoms with Gasteiger partial charge in [0.25, 0.3) is 0 Å². The molecule has 3 aromatic carbocycles. The van der Waals surface area contributed by atoms with E-state index in [0.717, 1.165) is 5.56 Å². The minimum absolute atomic E-state index is 0.0779. The van der Waals surface area contributed by atoms with Gasteiger partial charge in [-0.05, 0) is 72.7 Å². The highest BCUT2D eigenvalue weighted by atomic mass is 35.5.